The summed E-state index contributed by atoms with van der Waals surface area (Å²) in [6.45, 7) is 1.71. The third-order valence-electron chi connectivity index (χ3n) is 1.50. The number of esters is 1. The summed E-state index contributed by atoms with van der Waals surface area (Å²) >= 11 is 0.589. The Bertz CT molecular complexity index is 254. The summed E-state index contributed by atoms with van der Waals surface area (Å²) in [5, 5.41) is 8.33. The van der Waals surface area contributed by atoms with Crippen molar-refractivity contribution < 1.29 is 32.6 Å². The molecule has 0 aromatic rings. The zero-order valence-electron chi connectivity index (χ0n) is 8.41. The Balaban J connectivity index is 4.05. The highest BCUT2D eigenvalue weighted by molar-refractivity contribution is 7.99. The number of thioether (sulfide) groups is 1. The fourth-order valence-corrected chi connectivity index (χ4v) is 1.70. The summed E-state index contributed by atoms with van der Waals surface area (Å²) in [6, 6.07) is 0. The van der Waals surface area contributed by atoms with Crippen molar-refractivity contribution in [2.75, 3.05) is 18.1 Å². The molecule has 1 atom stereocenters. The zero-order valence-corrected chi connectivity index (χ0v) is 9.23. The van der Waals surface area contributed by atoms with Gasteiger partial charge in [-0.15, -0.1) is 11.8 Å². The fraction of sp³-hybridized carbons (Fsp3) is 0.750. The average Bonchev–Trinajstić information content (AvgIpc) is 2.10. The summed E-state index contributed by atoms with van der Waals surface area (Å²) in [7, 11) is 0. The van der Waals surface area contributed by atoms with Crippen molar-refractivity contribution in [2.45, 2.75) is 13.1 Å². The maximum Gasteiger partial charge on any atom is 0.403 e. The molecule has 0 saturated heterocycles. The maximum absolute atomic E-state index is 12.1. The third-order valence-corrected chi connectivity index (χ3v) is 2.51. The van der Waals surface area contributed by atoms with Crippen LogP contribution in [0.15, 0.2) is 0 Å². The van der Waals surface area contributed by atoms with Crippen molar-refractivity contribution in [2.24, 2.45) is 5.92 Å². The second-order valence-corrected chi connectivity index (χ2v) is 3.78. The number of ether oxygens (including phenoxy) is 1. The Morgan fingerprint density at radius 1 is 1.44 bits per heavy atom. The molecule has 4 nitrogen and oxygen atoms in total. The van der Waals surface area contributed by atoms with Gasteiger partial charge in [0, 0.05) is 5.75 Å². The van der Waals surface area contributed by atoms with Crippen LogP contribution in [-0.4, -0.2) is 41.3 Å². The van der Waals surface area contributed by atoms with Crippen LogP contribution in [0.2, 0.25) is 0 Å². The van der Waals surface area contributed by atoms with Crippen LogP contribution in [0.3, 0.4) is 0 Å². The van der Waals surface area contributed by atoms with E-state index in [1.807, 2.05) is 0 Å². The van der Waals surface area contributed by atoms with Crippen molar-refractivity contribution in [3.05, 3.63) is 0 Å². The van der Waals surface area contributed by atoms with E-state index in [1.165, 1.54) is 0 Å². The molecule has 0 amide bonds. The summed E-state index contributed by atoms with van der Waals surface area (Å²) < 4.78 is 40.9. The summed E-state index contributed by atoms with van der Waals surface area (Å²) in [5.74, 6) is -6.03. The number of aliphatic carboxylic acids is 1. The van der Waals surface area contributed by atoms with Crippen LogP contribution in [0.4, 0.5) is 13.2 Å². The van der Waals surface area contributed by atoms with E-state index in [0.717, 1.165) is 0 Å². The molecule has 8 heteroatoms. The molecular weight excluding hydrogens is 249 g/mol. The smallest absolute Gasteiger partial charge is 0.403 e. The number of halogens is 3. The van der Waals surface area contributed by atoms with Crippen LogP contribution in [0, 0.1) is 5.92 Å². The summed E-state index contributed by atoms with van der Waals surface area (Å²) in [5.41, 5.74) is 0. The average molecular weight is 260 g/mol. The van der Waals surface area contributed by atoms with Gasteiger partial charge in [-0.2, -0.15) is 13.2 Å². The minimum Gasteiger partial charge on any atom is -0.481 e. The van der Waals surface area contributed by atoms with E-state index in [1.54, 1.807) is 6.92 Å². The maximum atomic E-state index is 12.1. The van der Waals surface area contributed by atoms with Gasteiger partial charge in [-0.1, -0.05) is 0 Å². The van der Waals surface area contributed by atoms with Gasteiger partial charge in [0.1, 0.15) is 0 Å². The lowest BCUT2D eigenvalue weighted by Crippen LogP contribution is -2.32. The molecule has 94 valence electrons. The van der Waals surface area contributed by atoms with Gasteiger partial charge in [-0.25, -0.2) is 0 Å². The molecule has 0 aromatic carbocycles. The second-order valence-electron chi connectivity index (χ2n) is 2.75. The van der Waals surface area contributed by atoms with E-state index in [4.69, 9.17) is 5.11 Å². The molecule has 0 saturated carbocycles. The third kappa shape index (κ3) is 5.84. The van der Waals surface area contributed by atoms with Gasteiger partial charge in [0.2, 0.25) is 0 Å². The Morgan fingerprint density at radius 3 is 2.38 bits per heavy atom. The van der Waals surface area contributed by atoms with E-state index in [-0.39, 0.29) is 12.4 Å². The van der Waals surface area contributed by atoms with Crippen LogP contribution in [-0.2, 0) is 14.3 Å². The number of alkyl halides is 3. The van der Waals surface area contributed by atoms with Crippen LogP contribution >= 0.6 is 11.8 Å². The van der Waals surface area contributed by atoms with Gasteiger partial charge < -0.3 is 9.84 Å². The number of carbonyl (C=O) groups excluding carboxylic acids is 1. The molecule has 0 fully saturated rings. The van der Waals surface area contributed by atoms with Gasteiger partial charge in [-0.3, -0.25) is 9.59 Å². The largest absolute Gasteiger partial charge is 0.481 e. The van der Waals surface area contributed by atoms with Crippen molar-refractivity contribution >= 4 is 23.7 Å². The highest BCUT2D eigenvalue weighted by Gasteiger charge is 2.44. The first-order chi connectivity index (χ1) is 7.29. The van der Waals surface area contributed by atoms with Crippen molar-refractivity contribution in [3.8, 4) is 0 Å². The molecular formula is C8H11F3O4S. The molecule has 0 spiro atoms. The highest BCUT2D eigenvalue weighted by atomic mass is 32.2. The summed E-state index contributed by atoms with van der Waals surface area (Å²) in [4.78, 5) is 21.1. The zero-order chi connectivity index (χ0) is 12.8. The number of rotatable bonds is 6. The topological polar surface area (TPSA) is 63.6 Å². The van der Waals surface area contributed by atoms with E-state index in [0.29, 0.717) is 11.8 Å². The Hall–Kier alpha value is -0.920. The quantitative estimate of drug-likeness (QED) is 0.734. The van der Waals surface area contributed by atoms with E-state index in [9.17, 15) is 22.8 Å². The minimum absolute atomic E-state index is 0.140. The highest BCUT2D eigenvalue weighted by Crippen LogP contribution is 2.29. The number of hydrogen-bond acceptors (Lipinski definition) is 4. The van der Waals surface area contributed by atoms with E-state index >= 15 is 0 Å². The number of carboxylic acid groups (broad SMARTS) is 1. The van der Waals surface area contributed by atoms with E-state index in [2.05, 4.69) is 4.74 Å². The molecule has 16 heavy (non-hydrogen) atoms. The molecule has 0 heterocycles. The lowest BCUT2D eigenvalue weighted by molar-refractivity contribution is -0.188. The van der Waals surface area contributed by atoms with Gasteiger partial charge in [-0.05, 0) is 6.92 Å². The fourth-order valence-electron chi connectivity index (χ4n) is 0.769. The molecule has 0 aromatic heterocycles. The van der Waals surface area contributed by atoms with Gasteiger partial charge >= 0.3 is 18.1 Å². The summed E-state index contributed by atoms with van der Waals surface area (Å²) in [6.07, 6.45) is -4.80. The Labute approximate surface area is 94.1 Å². The second kappa shape index (κ2) is 6.62. The van der Waals surface area contributed by atoms with Crippen LogP contribution < -0.4 is 0 Å². The first-order valence-electron chi connectivity index (χ1n) is 4.32. The molecule has 0 aliphatic carbocycles. The molecule has 0 rings (SSSR count). The Kier molecular flexibility index (Phi) is 6.24. The monoisotopic (exact) mass is 260 g/mol. The number of carbonyl (C=O) groups is 2. The number of hydrogen-bond donors (Lipinski definition) is 1. The van der Waals surface area contributed by atoms with Gasteiger partial charge in [0.15, 0.2) is 5.92 Å². The Morgan fingerprint density at radius 2 is 2.00 bits per heavy atom. The molecule has 0 bridgehead atoms. The normalized spacial score (nSPS) is 13.2. The first-order valence-corrected chi connectivity index (χ1v) is 5.47. The molecule has 1 unspecified atom stereocenters. The molecule has 0 aliphatic rings. The first kappa shape index (κ1) is 15.1. The van der Waals surface area contributed by atoms with Gasteiger partial charge in [0.25, 0.3) is 0 Å². The molecule has 1 N–H and O–H groups in total. The van der Waals surface area contributed by atoms with Crippen molar-refractivity contribution in [3.63, 3.8) is 0 Å². The number of carboxylic acids is 1. The predicted molar refractivity (Wildman–Crippen MR) is 51.1 cm³/mol. The van der Waals surface area contributed by atoms with Crippen LogP contribution in [0.5, 0.6) is 0 Å². The van der Waals surface area contributed by atoms with Crippen molar-refractivity contribution in [1.82, 2.24) is 0 Å². The predicted octanol–water partition coefficient (Wildman–Crippen LogP) is 1.55. The molecule has 0 aliphatic heterocycles. The minimum atomic E-state index is -4.80. The van der Waals surface area contributed by atoms with Gasteiger partial charge in [0.05, 0.1) is 12.4 Å². The van der Waals surface area contributed by atoms with Crippen LogP contribution in [0.25, 0.3) is 0 Å². The SMILES string of the molecule is CCOC(=O)CSCC(C(=O)O)C(F)(F)F. The molecule has 0 radical (unpaired) electrons. The van der Waals surface area contributed by atoms with Crippen LogP contribution in [0.1, 0.15) is 6.92 Å². The van der Waals surface area contributed by atoms with E-state index < -0.39 is 29.8 Å². The van der Waals surface area contributed by atoms with Crippen molar-refractivity contribution in [1.29, 1.82) is 0 Å². The standard InChI is InChI=1S/C8H11F3O4S/c1-2-15-6(12)4-16-3-5(7(13)14)8(9,10)11/h5H,2-4H2,1H3,(H,13,14). The lowest BCUT2D eigenvalue weighted by Gasteiger charge is -2.15. The lowest BCUT2D eigenvalue weighted by atomic mass is 10.2.